The van der Waals surface area contributed by atoms with Crippen LogP contribution in [-0.4, -0.2) is 27.6 Å². The van der Waals surface area contributed by atoms with Gasteiger partial charge in [0.05, 0.1) is 18.6 Å². The van der Waals surface area contributed by atoms with E-state index in [0.29, 0.717) is 18.4 Å². The van der Waals surface area contributed by atoms with Gasteiger partial charge in [0.2, 0.25) is 0 Å². The summed E-state index contributed by atoms with van der Waals surface area (Å²) in [6, 6.07) is 8.83. The molecule has 116 valence electrons. The molecule has 0 amide bonds. The van der Waals surface area contributed by atoms with E-state index >= 15 is 0 Å². The van der Waals surface area contributed by atoms with Crippen molar-refractivity contribution >= 4 is 16.1 Å². The molecular formula is C15H20O5S. The minimum atomic E-state index is -3.70. The summed E-state index contributed by atoms with van der Waals surface area (Å²) in [5.74, 6) is -0.543. The van der Waals surface area contributed by atoms with E-state index in [2.05, 4.69) is 0 Å². The molecule has 0 bridgehead atoms. The topological polar surface area (TPSA) is 69.7 Å². The second kappa shape index (κ2) is 6.58. The summed E-state index contributed by atoms with van der Waals surface area (Å²) in [5.41, 5.74) is -0.115. The summed E-state index contributed by atoms with van der Waals surface area (Å²) in [6.07, 6.45) is 2.13. The van der Waals surface area contributed by atoms with Gasteiger partial charge in [-0.3, -0.25) is 8.98 Å². The van der Waals surface area contributed by atoms with Gasteiger partial charge < -0.3 is 4.74 Å². The van der Waals surface area contributed by atoms with E-state index in [-0.39, 0.29) is 24.9 Å². The number of carbonyl (C=O) groups is 1. The zero-order valence-corrected chi connectivity index (χ0v) is 12.9. The Kier molecular flexibility index (Phi) is 5.00. The molecule has 1 aromatic rings. The van der Waals surface area contributed by atoms with Crippen molar-refractivity contribution < 1.29 is 22.1 Å². The van der Waals surface area contributed by atoms with Crippen molar-refractivity contribution in [3.8, 4) is 0 Å². The van der Waals surface area contributed by atoms with Gasteiger partial charge in [-0.2, -0.15) is 8.42 Å². The molecule has 0 aliphatic heterocycles. The molecule has 0 heterocycles. The van der Waals surface area contributed by atoms with Crippen LogP contribution in [0.1, 0.15) is 31.7 Å². The highest BCUT2D eigenvalue weighted by Gasteiger charge is 2.46. The fourth-order valence-corrected chi connectivity index (χ4v) is 3.41. The molecule has 1 aliphatic rings. The van der Waals surface area contributed by atoms with Gasteiger partial charge in [0.25, 0.3) is 10.1 Å². The molecule has 1 aromatic carbocycles. The summed E-state index contributed by atoms with van der Waals surface area (Å²) in [6.45, 7) is 1.90. The Morgan fingerprint density at radius 1 is 1.24 bits per heavy atom. The smallest absolute Gasteiger partial charge is 0.314 e. The SMILES string of the molecule is CCOC(=O)C1(COS(=O)(=O)Cc2ccccc2)CCC1. The van der Waals surface area contributed by atoms with E-state index in [4.69, 9.17) is 8.92 Å². The van der Waals surface area contributed by atoms with Crippen molar-refractivity contribution in [3.05, 3.63) is 35.9 Å². The molecule has 0 aromatic heterocycles. The number of esters is 1. The van der Waals surface area contributed by atoms with Gasteiger partial charge in [-0.1, -0.05) is 36.8 Å². The average molecular weight is 312 g/mol. The zero-order chi connectivity index (χ0) is 15.3. The Bertz CT molecular complexity index is 575. The first kappa shape index (κ1) is 16.0. The van der Waals surface area contributed by atoms with Crippen LogP contribution >= 0.6 is 0 Å². The standard InChI is InChI=1S/C15H20O5S/c1-2-19-14(16)15(9-6-10-15)12-20-21(17,18)11-13-7-4-3-5-8-13/h3-5,7-8H,2,6,9-12H2,1H3. The number of ether oxygens (including phenoxy) is 1. The van der Waals surface area contributed by atoms with E-state index in [9.17, 15) is 13.2 Å². The maximum absolute atomic E-state index is 12.0. The van der Waals surface area contributed by atoms with Crippen LogP contribution < -0.4 is 0 Å². The second-order valence-electron chi connectivity index (χ2n) is 5.30. The quantitative estimate of drug-likeness (QED) is 0.570. The van der Waals surface area contributed by atoms with Crippen LogP contribution in [0.15, 0.2) is 30.3 Å². The highest BCUT2D eigenvalue weighted by molar-refractivity contribution is 7.85. The number of hydrogen-bond donors (Lipinski definition) is 0. The molecule has 0 saturated heterocycles. The lowest BCUT2D eigenvalue weighted by molar-refractivity contribution is -0.163. The van der Waals surface area contributed by atoms with Gasteiger partial charge in [-0.05, 0) is 25.3 Å². The van der Waals surface area contributed by atoms with E-state index in [0.717, 1.165) is 6.42 Å². The molecular weight excluding hydrogens is 292 g/mol. The fourth-order valence-electron chi connectivity index (χ4n) is 2.32. The summed E-state index contributed by atoms with van der Waals surface area (Å²) < 4.78 is 34.1. The van der Waals surface area contributed by atoms with Crippen LogP contribution in [0.25, 0.3) is 0 Å². The lowest BCUT2D eigenvalue weighted by atomic mass is 9.69. The molecule has 0 spiro atoms. The molecule has 6 heteroatoms. The van der Waals surface area contributed by atoms with Gasteiger partial charge in [0, 0.05) is 0 Å². The lowest BCUT2D eigenvalue weighted by Crippen LogP contribution is -2.44. The van der Waals surface area contributed by atoms with Gasteiger partial charge in [0.15, 0.2) is 0 Å². The second-order valence-corrected chi connectivity index (χ2v) is 6.94. The first-order chi connectivity index (χ1) is 9.97. The molecule has 0 atom stereocenters. The third-order valence-electron chi connectivity index (χ3n) is 3.72. The van der Waals surface area contributed by atoms with Gasteiger partial charge >= 0.3 is 5.97 Å². The van der Waals surface area contributed by atoms with E-state index in [1.54, 1.807) is 31.2 Å². The van der Waals surface area contributed by atoms with E-state index in [1.165, 1.54) is 0 Å². The van der Waals surface area contributed by atoms with Crippen molar-refractivity contribution in [1.82, 2.24) is 0 Å². The maximum atomic E-state index is 12.0. The molecule has 2 rings (SSSR count). The molecule has 1 aliphatic carbocycles. The third kappa shape index (κ3) is 4.04. The largest absolute Gasteiger partial charge is 0.465 e. The van der Waals surface area contributed by atoms with Gasteiger partial charge in [-0.25, -0.2) is 0 Å². The first-order valence-corrected chi connectivity index (χ1v) is 8.63. The maximum Gasteiger partial charge on any atom is 0.314 e. The Morgan fingerprint density at radius 2 is 1.90 bits per heavy atom. The Labute approximate surface area is 125 Å². The van der Waals surface area contributed by atoms with Crippen LogP contribution in [0.4, 0.5) is 0 Å². The molecule has 0 N–H and O–H groups in total. The predicted molar refractivity (Wildman–Crippen MR) is 77.9 cm³/mol. The molecule has 0 radical (unpaired) electrons. The van der Waals surface area contributed by atoms with E-state index < -0.39 is 15.5 Å². The predicted octanol–water partition coefficient (Wildman–Crippen LogP) is 2.27. The molecule has 0 unspecified atom stereocenters. The first-order valence-electron chi connectivity index (χ1n) is 7.06. The fraction of sp³-hybridized carbons (Fsp3) is 0.533. The van der Waals surface area contributed by atoms with Crippen LogP contribution in [0.5, 0.6) is 0 Å². The molecule has 21 heavy (non-hydrogen) atoms. The number of benzene rings is 1. The Hall–Kier alpha value is -1.40. The van der Waals surface area contributed by atoms with E-state index in [1.807, 2.05) is 6.07 Å². The van der Waals surface area contributed by atoms with Gasteiger partial charge in [0.1, 0.15) is 5.75 Å². The van der Waals surface area contributed by atoms with Crippen LogP contribution in [0.2, 0.25) is 0 Å². The summed E-state index contributed by atoms with van der Waals surface area (Å²) in [4.78, 5) is 11.9. The van der Waals surface area contributed by atoms with Crippen LogP contribution in [0.3, 0.4) is 0 Å². The molecule has 1 fully saturated rings. The van der Waals surface area contributed by atoms with Crippen molar-refractivity contribution in [2.45, 2.75) is 31.9 Å². The summed E-state index contributed by atoms with van der Waals surface area (Å²) >= 11 is 0. The highest BCUT2D eigenvalue weighted by atomic mass is 32.2. The van der Waals surface area contributed by atoms with Crippen molar-refractivity contribution in [2.24, 2.45) is 5.41 Å². The third-order valence-corrected chi connectivity index (χ3v) is 4.88. The van der Waals surface area contributed by atoms with Crippen molar-refractivity contribution in [2.75, 3.05) is 13.2 Å². The summed E-state index contributed by atoms with van der Waals surface area (Å²) in [5, 5.41) is 0. The van der Waals surface area contributed by atoms with Crippen LogP contribution in [-0.2, 0) is 29.6 Å². The van der Waals surface area contributed by atoms with Crippen molar-refractivity contribution in [1.29, 1.82) is 0 Å². The van der Waals surface area contributed by atoms with Crippen molar-refractivity contribution in [3.63, 3.8) is 0 Å². The Morgan fingerprint density at radius 3 is 2.43 bits per heavy atom. The monoisotopic (exact) mass is 312 g/mol. The Balaban J connectivity index is 1.96. The number of rotatable bonds is 7. The molecule has 5 nitrogen and oxygen atoms in total. The average Bonchev–Trinajstić information content (AvgIpc) is 2.38. The number of hydrogen-bond acceptors (Lipinski definition) is 5. The lowest BCUT2D eigenvalue weighted by Gasteiger charge is -2.38. The number of carbonyl (C=O) groups excluding carboxylic acids is 1. The molecule has 1 saturated carbocycles. The van der Waals surface area contributed by atoms with Gasteiger partial charge in [-0.15, -0.1) is 0 Å². The van der Waals surface area contributed by atoms with Crippen LogP contribution in [0, 0.1) is 5.41 Å². The minimum absolute atomic E-state index is 0.124. The highest BCUT2D eigenvalue weighted by Crippen LogP contribution is 2.42. The minimum Gasteiger partial charge on any atom is -0.465 e. The zero-order valence-electron chi connectivity index (χ0n) is 12.1. The summed E-state index contributed by atoms with van der Waals surface area (Å²) in [7, 11) is -3.70. The normalized spacial score (nSPS) is 17.0.